The minimum absolute atomic E-state index is 0.0553. The molecule has 0 aromatic heterocycles. The predicted molar refractivity (Wildman–Crippen MR) is 66.7 cm³/mol. The normalized spacial score (nSPS) is 11.0. The minimum atomic E-state index is -0.139. The van der Waals surface area contributed by atoms with Crippen LogP contribution in [0.25, 0.3) is 0 Å². The van der Waals surface area contributed by atoms with E-state index in [0.29, 0.717) is 6.54 Å². The van der Waals surface area contributed by atoms with Gasteiger partial charge in [0.05, 0.1) is 0 Å². The topological polar surface area (TPSA) is 41.1 Å². The lowest BCUT2D eigenvalue weighted by molar-refractivity contribution is 0.240. The maximum absolute atomic E-state index is 11.1. The molecule has 0 bridgehead atoms. The lowest BCUT2D eigenvalue weighted by Crippen LogP contribution is -2.40. The van der Waals surface area contributed by atoms with Gasteiger partial charge in [-0.3, -0.25) is 0 Å². The van der Waals surface area contributed by atoms with Crippen LogP contribution in [-0.4, -0.2) is 19.6 Å². The van der Waals surface area contributed by atoms with Crippen LogP contribution in [0.5, 0.6) is 0 Å². The van der Waals surface area contributed by atoms with Crippen molar-refractivity contribution in [2.24, 2.45) is 0 Å². The van der Waals surface area contributed by atoms with Crippen molar-refractivity contribution in [1.29, 1.82) is 0 Å². The largest absolute Gasteiger partial charge is 0.341 e. The second kappa shape index (κ2) is 5.01. The summed E-state index contributed by atoms with van der Waals surface area (Å²) in [6.07, 6.45) is 0. The van der Waals surface area contributed by atoms with Crippen LogP contribution < -0.4 is 10.6 Å². The molecule has 0 aliphatic carbocycles. The van der Waals surface area contributed by atoms with Gasteiger partial charge >= 0.3 is 6.03 Å². The fourth-order valence-corrected chi connectivity index (χ4v) is 1.50. The highest BCUT2D eigenvalue weighted by atomic mass is 16.2. The van der Waals surface area contributed by atoms with Crippen LogP contribution in [-0.2, 0) is 5.41 Å². The summed E-state index contributed by atoms with van der Waals surface area (Å²) >= 11 is 0. The van der Waals surface area contributed by atoms with Gasteiger partial charge < -0.3 is 10.6 Å². The Morgan fingerprint density at radius 1 is 1.25 bits per heavy atom. The first kappa shape index (κ1) is 12.6. The molecule has 88 valence electrons. The maximum atomic E-state index is 11.1. The molecule has 3 heteroatoms. The summed E-state index contributed by atoms with van der Waals surface area (Å²) in [5.74, 6) is 0. The SMILES string of the molecule is CNC(=O)NCC(C)(C)c1ccc(C)cc1. The average Bonchev–Trinajstić information content (AvgIpc) is 2.26. The Bertz CT molecular complexity index is 355. The van der Waals surface area contributed by atoms with Gasteiger partial charge in [0, 0.05) is 19.0 Å². The molecule has 1 rings (SSSR count). The molecule has 3 nitrogen and oxygen atoms in total. The van der Waals surface area contributed by atoms with Crippen molar-refractivity contribution < 1.29 is 4.79 Å². The van der Waals surface area contributed by atoms with Gasteiger partial charge in [-0.25, -0.2) is 4.79 Å². The van der Waals surface area contributed by atoms with Gasteiger partial charge in [-0.15, -0.1) is 0 Å². The van der Waals surface area contributed by atoms with Crippen LogP contribution in [0.1, 0.15) is 25.0 Å². The third kappa shape index (κ3) is 3.26. The molecule has 0 radical (unpaired) electrons. The molecule has 0 atom stereocenters. The van der Waals surface area contributed by atoms with Crippen LogP contribution in [0.4, 0.5) is 4.79 Å². The van der Waals surface area contributed by atoms with E-state index < -0.39 is 0 Å². The molecule has 0 aliphatic heterocycles. The summed E-state index contributed by atoms with van der Waals surface area (Å²) in [6.45, 7) is 6.93. The zero-order chi connectivity index (χ0) is 12.2. The number of hydrogen-bond donors (Lipinski definition) is 2. The van der Waals surface area contributed by atoms with Crippen LogP contribution in [0, 0.1) is 6.92 Å². The van der Waals surface area contributed by atoms with E-state index >= 15 is 0 Å². The maximum Gasteiger partial charge on any atom is 0.314 e. The van der Waals surface area contributed by atoms with Crippen molar-refractivity contribution in [3.63, 3.8) is 0 Å². The predicted octanol–water partition coefficient (Wildman–Crippen LogP) is 2.20. The van der Waals surface area contributed by atoms with Crippen molar-refractivity contribution >= 4 is 6.03 Å². The molecule has 0 aliphatic rings. The monoisotopic (exact) mass is 220 g/mol. The highest BCUT2D eigenvalue weighted by Gasteiger charge is 2.20. The van der Waals surface area contributed by atoms with Crippen LogP contribution in [0.2, 0.25) is 0 Å². The molecule has 1 aromatic rings. The van der Waals surface area contributed by atoms with Crippen molar-refractivity contribution in [1.82, 2.24) is 10.6 Å². The Balaban J connectivity index is 2.69. The number of nitrogens with one attached hydrogen (secondary N) is 2. The second-order valence-corrected chi connectivity index (χ2v) is 4.68. The van der Waals surface area contributed by atoms with Gasteiger partial charge in [-0.2, -0.15) is 0 Å². The van der Waals surface area contributed by atoms with Gasteiger partial charge in [0.2, 0.25) is 0 Å². The van der Waals surface area contributed by atoms with Gasteiger partial charge in [0.1, 0.15) is 0 Å². The van der Waals surface area contributed by atoms with E-state index in [9.17, 15) is 4.79 Å². The third-order valence-electron chi connectivity index (χ3n) is 2.75. The average molecular weight is 220 g/mol. The van der Waals surface area contributed by atoms with Gasteiger partial charge in [0.15, 0.2) is 0 Å². The zero-order valence-electron chi connectivity index (χ0n) is 10.4. The summed E-state index contributed by atoms with van der Waals surface area (Å²) in [6, 6.07) is 8.27. The van der Waals surface area contributed by atoms with Crippen LogP contribution >= 0.6 is 0 Å². The van der Waals surface area contributed by atoms with E-state index in [1.165, 1.54) is 11.1 Å². The van der Waals surface area contributed by atoms with E-state index in [2.05, 4.69) is 55.7 Å². The molecule has 1 aromatic carbocycles. The molecule has 0 saturated heterocycles. The molecule has 0 heterocycles. The summed E-state index contributed by atoms with van der Waals surface area (Å²) < 4.78 is 0. The lowest BCUT2D eigenvalue weighted by atomic mass is 9.84. The van der Waals surface area contributed by atoms with Crippen LogP contribution in [0.3, 0.4) is 0 Å². The fraction of sp³-hybridized carbons (Fsp3) is 0.462. The molecule has 0 saturated carbocycles. The van der Waals surface area contributed by atoms with Crippen LogP contribution in [0.15, 0.2) is 24.3 Å². The van der Waals surface area contributed by atoms with E-state index in [-0.39, 0.29) is 11.4 Å². The quantitative estimate of drug-likeness (QED) is 0.805. The Morgan fingerprint density at radius 3 is 2.31 bits per heavy atom. The van der Waals surface area contributed by atoms with E-state index in [4.69, 9.17) is 0 Å². The molecule has 0 spiro atoms. The number of aryl methyl sites for hydroxylation is 1. The Hall–Kier alpha value is -1.51. The zero-order valence-corrected chi connectivity index (χ0v) is 10.4. The Morgan fingerprint density at radius 2 is 1.81 bits per heavy atom. The Labute approximate surface area is 97.2 Å². The van der Waals surface area contributed by atoms with Gasteiger partial charge in [-0.05, 0) is 12.5 Å². The molecule has 16 heavy (non-hydrogen) atoms. The molecule has 0 fully saturated rings. The standard InChI is InChI=1S/C13H20N2O/c1-10-5-7-11(8-6-10)13(2,3)9-15-12(16)14-4/h5-8H,9H2,1-4H3,(H2,14,15,16). The number of urea groups is 1. The highest BCUT2D eigenvalue weighted by molar-refractivity contribution is 5.73. The fourth-order valence-electron chi connectivity index (χ4n) is 1.50. The molecular formula is C13H20N2O. The second-order valence-electron chi connectivity index (χ2n) is 4.68. The number of hydrogen-bond acceptors (Lipinski definition) is 1. The van der Waals surface area contributed by atoms with E-state index in [1.807, 2.05) is 0 Å². The summed E-state index contributed by atoms with van der Waals surface area (Å²) in [7, 11) is 1.62. The molecule has 2 amide bonds. The Kier molecular flexibility index (Phi) is 3.93. The minimum Gasteiger partial charge on any atom is -0.341 e. The van der Waals surface area contributed by atoms with Crippen molar-refractivity contribution in [3.05, 3.63) is 35.4 Å². The first-order valence-corrected chi connectivity index (χ1v) is 5.48. The number of benzene rings is 1. The van der Waals surface area contributed by atoms with Crippen molar-refractivity contribution in [3.8, 4) is 0 Å². The number of carbonyl (C=O) groups excluding carboxylic acids is 1. The molecule has 0 unspecified atom stereocenters. The molecular weight excluding hydrogens is 200 g/mol. The van der Waals surface area contributed by atoms with E-state index in [0.717, 1.165) is 0 Å². The first-order chi connectivity index (χ1) is 7.45. The third-order valence-corrected chi connectivity index (χ3v) is 2.75. The van der Waals surface area contributed by atoms with E-state index in [1.54, 1.807) is 7.05 Å². The highest BCUT2D eigenvalue weighted by Crippen LogP contribution is 2.22. The number of amides is 2. The number of rotatable bonds is 3. The summed E-state index contributed by atoms with van der Waals surface area (Å²) in [5.41, 5.74) is 2.42. The summed E-state index contributed by atoms with van der Waals surface area (Å²) in [5, 5.41) is 5.38. The smallest absolute Gasteiger partial charge is 0.314 e. The lowest BCUT2D eigenvalue weighted by Gasteiger charge is -2.25. The van der Waals surface area contributed by atoms with Gasteiger partial charge in [0.25, 0.3) is 0 Å². The van der Waals surface area contributed by atoms with Crippen molar-refractivity contribution in [2.75, 3.05) is 13.6 Å². The van der Waals surface area contributed by atoms with Gasteiger partial charge in [-0.1, -0.05) is 43.7 Å². The summed E-state index contributed by atoms with van der Waals surface area (Å²) in [4.78, 5) is 11.1. The molecule has 2 N–H and O–H groups in total. The van der Waals surface area contributed by atoms with Crippen molar-refractivity contribution in [2.45, 2.75) is 26.2 Å². The number of carbonyl (C=O) groups is 1. The first-order valence-electron chi connectivity index (χ1n) is 5.48.